The SMILES string of the molecule is CC(C)Cc1sc(-c2ccc3ccccc3n2)nc1C(=O)O. The molecule has 0 atom stereocenters. The molecule has 2 heterocycles. The quantitative estimate of drug-likeness (QED) is 0.782. The van der Waals surface area contributed by atoms with Crippen LogP contribution in [-0.4, -0.2) is 21.0 Å². The third kappa shape index (κ3) is 2.85. The molecule has 0 saturated carbocycles. The Labute approximate surface area is 132 Å². The van der Waals surface area contributed by atoms with E-state index in [-0.39, 0.29) is 5.69 Å². The maximum absolute atomic E-state index is 11.4. The fourth-order valence-corrected chi connectivity index (χ4v) is 3.56. The Balaban J connectivity index is 2.07. The summed E-state index contributed by atoms with van der Waals surface area (Å²) >= 11 is 1.42. The van der Waals surface area contributed by atoms with Crippen molar-refractivity contribution in [2.75, 3.05) is 0 Å². The van der Waals surface area contributed by atoms with Gasteiger partial charge in [0, 0.05) is 10.3 Å². The highest BCUT2D eigenvalue weighted by molar-refractivity contribution is 7.15. The zero-order valence-corrected chi connectivity index (χ0v) is 13.2. The molecule has 0 saturated heterocycles. The Morgan fingerprint density at radius 3 is 2.68 bits per heavy atom. The third-order valence-corrected chi connectivity index (χ3v) is 4.41. The Morgan fingerprint density at radius 1 is 1.18 bits per heavy atom. The van der Waals surface area contributed by atoms with Crippen molar-refractivity contribution in [2.45, 2.75) is 20.3 Å². The highest BCUT2D eigenvalue weighted by atomic mass is 32.1. The van der Waals surface area contributed by atoms with Gasteiger partial charge in [-0.25, -0.2) is 14.8 Å². The van der Waals surface area contributed by atoms with Crippen molar-refractivity contribution in [3.05, 3.63) is 47.0 Å². The minimum Gasteiger partial charge on any atom is -0.476 e. The van der Waals surface area contributed by atoms with E-state index < -0.39 is 5.97 Å². The topological polar surface area (TPSA) is 63.1 Å². The highest BCUT2D eigenvalue weighted by Gasteiger charge is 2.19. The van der Waals surface area contributed by atoms with Crippen LogP contribution in [0.4, 0.5) is 0 Å². The third-order valence-electron chi connectivity index (χ3n) is 3.31. The Kier molecular flexibility index (Phi) is 3.90. The van der Waals surface area contributed by atoms with Crippen LogP contribution < -0.4 is 0 Å². The highest BCUT2D eigenvalue weighted by Crippen LogP contribution is 2.30. The van der Waals surface area contributed by atoms with Crippen molar-refractivity contribution in [3.8, 4) is 10.7 Å². The van der Waals surface area contributed by atoms with Gasteiger partial charge in [0.1, 0.15) is 5.01 Å². The fraction of sp³-hybridized carbons (Fsp3) is 0.235. The van der Waals surface area contributed by atoms with Crippen molar-refractivity contribution >= 4 is 28.2 Å². The van der Waals surface area contributed by atoms with E-state index in [2.05, 4.69) is 23.8 Å². The molecule has 112 valence electrons. The molecule has 0 aliphatic carbocycles. The predicted molar refractivity (Wildman–Crippen MR) is 88.4 cm³/mol. The van der Waals surface area contributed by atoms with Gasteiger partial charge in [0.25, 0.3) is 0 Å². The van der Waals surface area contributed by atoms with E-state index in [0.29, 0.717) is 17.3 Å². The van der Waals surface area contributed by atoms with Gasteiger partial charge in [0.15, 0.2) is 5.69 Å². The average Bonchev–Trinajstić information content (AvgIpc) is 2.90. The number of benzene rings is 1. The molecule has 4 nitrogen and oxygen atoms in total. The van der Waals surface area contributed by atoms with E-state index in [1.807, 2.05) is 36.4 Å². The van der Waals surface area contributed by atoms with Crippen LogP contribution in [0.15, 0.2) is 36.4 Å². The van der Waals surface area contributed by atoms with Gasteiger partial charge in [-0.05, 0) is 24.5 Å². The molecule has 0 fully saturated rings. The van der Waals surface area contributed by atoms with E-state index in [1.54, 1.807) is 0 Å². The number of carboxylic acid groups (broad SMARTS) is 1. The van der Waals surface area contributed by atoms with Crippen molar-refractivity contribution in [1.29, 1.82) is 0 Å². The van der Waals surface area contributed by atoms with Gasteiger partial charge in [0.2, 0.25) is 0 Å². The first-order chi connectivity index (χ1) is 10.5. The lowest BCUT2D eigenvalue weighted by atomic mass is 10.1. The largest absolute Gasteiger partial charge is 0.476 e. The van der Waals surface area contributed by atoms with Crippen LogP contribution in [0.2, 0.25) is 0 Å². The molecule has 0 aliphatic rings. The standard InChI is InChI=1S/C17H16N2O2S/c1-10(2)9-14-15(17(20)21)19-16(22-14)13-8-7-11-5-3-4-6-12(11)18-13/h3-8,10H,9H2,1-2H3,(H,20,21). The number of aromatic carboxylic acids is 1. The van der Waals surface area contributed by atoms with E-state index in [4.69, 9.17) is 0 Å². The number of para-hydroxylation sites is 1. The van der Waals surface area contributed by atoms with E-state index in [0.717, 1.165) is 21.5 Å². The van der Waals surface area contributed by atoms with E-state index in [9.17, 15) is 9.90 Å². The molecule has 0 radical (unpaired) electrons. The monoisotopic (exact) mass is 312 g/mol. The Hall–Kier alpha value is -2.27. The molecule has 0 unspecified atom stereocenters. The lowest BCUT2D eigenvalue weighted by Gasteiger charge is -2.01. The predicted octanol–water partition coefficient (Wildman–Crippen LogP) is 4.26. The first-order valence-electron chi connectivity index (χ1n) is 7.13. The van der Waals surface area contributed by atoms with Crippen LogP contribution in [0.3, 0.4) is 0 Å². The average molecular weight is 312 g/mol. The summed E-state index contributed by atoms with van der Waals surface area (Å²) in [6, 6.07) is 11.7. The second-order valence-corrected chi connectivity index (χ2v) is 6.67. The number of hydrogen-bond donors (Lipinski definition) is 1. The summed E-state index contributed by atoms with van der Waals surface area (Å²) in [5, 5.41) is 11.1. The molecule has 22 heavy (non-hydrogen) atoms. The van der Waals surface area contributed by atoms with Crippen LogP contribution in [-0.2, 0) is 6.42 Å². The summed E-state index contributed by atoms with van der Waals surface area (Å²) in [6.45, 7) is 4.14. The summed E-state index contributed by atoms with van der Waals surface area (Å²) in [4.78, 5) is 21.1. The summed E-state index contributed by atoms with van der Waals surface area (Å²) in [5.74, 6) is -0.588. The minimum absolute atomic E-state index is 0.156. The first kappa shape index (κ1) is 14.7. The summed E-state index contributed by atoms with van der Waals surface area (Å²) in [6.07, 6.45) is 0.715. The molecular weight excluding hydrogens is 296 g/mol. The number of carboxylic acids is 1. The smallest absolute Gasteiger partial charge is 0.355 e. The van der Waals surface area contributed by atoms with E-state index >= 15 is 0 Å². The maximum Gasteiger partial charge on any atom is 0.355 e. The van der Waals surface area contributed by atoms with Crippen LogP contribution in [0.25, 0.3) is 21.6 Å². The molecule has 1 aromatic carbocycles. The summed E-state index contributed by atoms with van der Waals surface area (Å²) in [5.41, 5.74) is 1.77. The second-order valence-electron chi connectivity index (χ2n) is 5.58. The van der Waals surface area contributed by atoms with Crippen molar-refractivity contribution in [2.24, 2.45) is 5.92 Å². The van der Waals surface area contributed by atoms with Gasteiger partial charge < -0.3 is 5.11 Å². The zero-order valence-electron chi connectivity index (χ0n) is 12.4. The molecule has 3 rings (SSSR count). The molecule has 0 bridgehead atoms. The number of aromatic nitrogens is 2. The summed E-state index contributed by atoms with van der Waals surface area (Å²) < 4.78 is 0. The van der Waals surface area contributed by atoms with Crippen LogP contribution in [0, 0.1) is 5.92 Å². The molecule has 0 spiro atoms. The number of thiazole rings is 1. The van der Waals surface area contributed by atoms with Gasteiger partial charge in [-0.2, -0.15) is 0 Å². The number of hydrogen-bond acceptors (Lipinski definition) is 4. The number of nitrogens with zero attached hydrogens (tertiary/aromatic N) is 2. The second kappa shape index (κ2) is 5.85. The maximum atomic E-state index is 11.4. The van der Waals surface area contributed by atoms with Gasteiger partial charge in [-0.15, -0.1) is 11.3 Å². The number of pyridine rings is 1. The Bertz CT molecular complexity index is 840. The lowest BCUT2D eigenvalue weighted by molar-refractivity contribution is 0.0690. The van der Waals surface area contributed by atoms with Crippen molar-refractivity contribution in [1.82, 2.24) is 9.97 Å². The molecule has 5 heteroatoms. The number of rotatable bonds is 4. The van der Waals surface area contributed by atoms with Gasteiger partial charge in [-0.1, -0.05) is 38.1 Å². The molecule has 3 aromatic rings. The lowest BCUT2D eigenvalue weighted by Crippen LogP contribution is -2.03. The first-order valence-corrected chi connectivity index (χ1v) is 7.95. The molecule has 2 aromatic heterocycles. The molecule has 0 amide bonds. The van der Waals surface area contributed by atoms with Gasteiger partial charge in [-0.3, -0.25) is 0 Å². The van der Waals surface area contributed by atoms with Gasteiger partial charge >= 0.3 is 5.97 Å². The Morgan fingerprint density at radius 2 is 1.95 bits per heavy atom. The van der Waals surface area contributed by atoms with E-state index in [1.165, 1.54) is 11.3 Å². The molecule has 1 N–H and O–H groups in total. The minimum atomic E-state index is -0.973. The number of carbonyl (C=O) groups is 1. The summed E-state index contributed by atoms with van der Waals surface area (Å²) in [7, 11) is 0. The number of fused-ring (bicyclic) bond motifs is 1. The van der Waals surface area contributed by atoms with Gasteiger partial charge in [0.05, 0.1) is 11.2 Å². The van der Waals surface area contributed by atoms with Crippen molar-refractivity contribution < 1.29 is 9.90 Å². The van der Waals surface area contributed by atoms with Crippen LogP contribution in [0.1, 0.15) is 29.2 Å². The molecular formula is C17H16N2O2S. The van der Waals surface area contributed by atoms with Crippen molar-refractivity contribution in [3.63, 3.8) is 0 Å². The zero-order chi connectivity index (χ0) is 15.7. The fourth-order valence-electron chi connectivity index (χ4n) is 2.32. The van der Waals surface area contributed by atoms with Crippen LogP contribution in [0.5, 0.6) is 0 Å². The normalized spacial score (nSPS) is 11.2. The molecule has 0 aliphatic heterocycles. The van der Waals surface area contributed by atoms with Crippen LogP contribution >= 0.6 is 11.3 Å².